The number of unbranched alkanes of at least 4 members (excludes halogenated alkanes) is 6. The lowest BCUT2D eigenvalue weighted by Gasteiger charge is -2.01. The molecule has 0 bridgehead atoms. The third-order valence-corrected chi connectivity index (χ3v) is 3.54. The maximum Gasteiger partial charge on any atom is 0.305 e. The minimum Gasteiger partial charge on any atom is -0.469 e. The van der Waals surface area contributed by atoms with Crippen LogP contribution in [0.15, 0.2) is 36.5 Å². The van der Waals surface area contributed by atoms with Crippen LogP contribution in [0.3, 0.4) is 0 Å². The monoisotopic (exact) mass is 336 g/mol. The molecule has 4 nitrogen and oxygen atoms in total. The topological polar surface area (TPSA) is 63.6 Å². The first-order chi connectivity index (χ1) is 11.6. The summed E-state index contributed by atoms with van der Waals surface area (Å²) in [4.78, 5) is 22.6. The average molecular weight is 336 g/mol. The van der Waals surface area contributed by atoms with Gasteiger partial charge in [-0.05, 0) is 25.8 Å². The van der Waals surface area contributed by atoms with Crippen LogP contribution in [0.5, 0.6) is 0 Å². The number of ether oxygens (including phenoxy) is 1. The van der Waals surface area contributed by atoms with Crippen LogP contribution in [0.25, 0.3) is 0 Å². The molecular weight excluding hydrogens is 304 g/mol. The summed E-state index contributed by atoms with van der Waals surface area (Å²) in [5, 5.41) is 9.02. The first-order valence-corrected chi connectivity index (χ1v) is 8.85. The highest BCUT2D eigenvalue weighted by Crippen LogP contribution is 2.10. The van der Waals surface area contributed by atoms with Crippen LogP contribution >= 0.6 is 0 Å². The molecule has 1 N–H and O–H groups in total. The molecule has 0 saturated heterocycles. The Hall–Kier alpha value is -1.68. The number of carbonyl (C=O) groups excluding carboxylic acids is 2. The molecule has 0 amide bonds. The fraction of sp³-hybridized carbons (Fsp3) is 0.600. The molecule has 1 unspecified atom stereocenters. The lowest BCUT2D eigenvalue weighted by molar-refractivity contribution is -0.140. The van der Waals surface area contributed by atoms with Crippen molar-refractivity contribution in [1.82, 2.24) is 0 Å². The number of hydrogen-bond acceptors (Lipinski definition) is 4. The van der Waals surface area contributed by atoms with Crippen LogP contribution in [-0.4, -0.2) is 30.1 Å². The Labute approximate surface area is 146 Å². The van der Waals surface area contributed by atoms with Crippen molar-refractivity contribution in [3.05, 3.63) is 36.5 Å². The molecule has 0 rings (SSSR count). The average Bonchev–Trinajstić information content (AvgIpc) is 2.55. The minimum atomic E-state index is -0.451. The summed E-state index contributed by atoms with van der Waals surface area (Å²) in [6.07, 6.45) is 18.4. The van der Waals surface area contributed by atoms with E-state index in [0.29, 0.717) is 12.8 Å². The predicted molar refractivity (Wildman–Crippen MR) is 97.7 cm³/mol. The van der Waals surface area contributed by atoms with E-state index in [2.05, 4.69) is 4.74 Å². The molecule has 0 fully saturated rings. The molecule has 136 valence electrons. The number of allylic oxidation sites excluding steroid dienone is 5. The number of carbonyl (C=O) groups is 2. The van der Waals surface area contributed by atoms with E-state index < -0.39 is 6.10 Å². The van der Waals surface area contributed by atoms with Crippen LogP contribution < -0.4 is 0 Å². The number of rotatable bonds is 14. The van der Waals surface area contributed by atoms with Gasteiger partial charge in [-0.15, -0.1) is 0 Å². The van der Waals surface area contributed by atoms with E-state index in [1.165, 1.54) is 7.11 Å². The maximum atomic E-state index is 11.6. The minimum absolute atomic E-state index is 0.129. The van der Waals surface area contributed by atoms with Crippen LogP contribution in [0.1, 0.15) is 64.7 Å². The number of aliphatic hydroxyl groups is 1. The highest BCUT2D eigenvalue weighted by atomic mass is 16.5. The van der Waals surface area contributed by atoms with E-state index in [1.54, 1.807) is 43.4 Å². The molecule has 0 aliphatic carbocycles. The van der Waals surface area contributed by atoms with Crippen LogP contribution in [0, 0.1) is 0 Å². The zero-order chi connectivity index (χ0) is 18.0. The fourth-order valence-corrected chi connectivity index (χ4v) is 2.15. The lowest BCUT2D eigenvalue weighted by atomic mass is 10.1. The Balaban J connectivity index is 3.47. The Morgan fingerprint density at radius 2 is 1.42 bits per heavy atom. The molecule has 0 saturated carbocycles. The molecule has 0 aliphatic rings. The molecule has 0 aliphatic heterocycles. The number of ketones is 1. The second-order valence-corrected chi connectivity index (χ2v) is 5.89. The van der Waals surface area contributed by atoms with E-state index in [1.807, 2.05) is 0 Å². The van der Waals surface area contributed by atoms with E-state index in [9.17, 15) is 9.59 Å². The van der Waals surface area contributed by atoms with E-state index in [0.717, 1.165) is 44.9 Å². The maximum absolute atomic E-state index is 11.6. The van der Waals surface area contributed by atoms with Gasteiger partial charge in [-0.25, -0.2) is 0 Å². The van der Waals surface area contributed by atoms with Gasteiger partial charge in [0, 0.05) is 12.8 Å². The molecule has 24 heavy (non-hydrogen) atoms. The van der Waals surface area contributed by atoms with E-state index in [-0.39, 0.29) is 11.8 Å². The SMILES string of the molecule is COC(=O)CCCCCCCCCC(=O)C=CC=CC=CC(C)O. The molecule has 0 aromatic heterocycles. The van der Waals surface area contributed by atoms with Gasteiger partial charge >= 0.3 is 5.97 Å². The molecule has 0 radical (unpaired) electrons. The van der Waals surface area contributed by atoms with Crippen LogP contribution in [0.2, 0.25) is 0 Å². The Kier molecular flexibility index (Phi) is 15.1. The molecular formula is C20H32O4. The summed E-state index contributed by atoms with van der Waals surface area (Å²) >= 11 is 0. The number of hydrogen-bond donors (Lipinski definition) is 1. The molecule has 0 spiro atoms. The molecule has 4 heteroatoms. The van der Waals surface area contributed by atoms with Crippen molar-refractivity contribution in [2.75, 3.05) is 7.11 Å². The van der Waals surface area contributed by atoms with Gasteiger partial charge in [-0.3, -0.25) is 9.59 Å². The Morgan fingerprint density at radius 3 is 2.00 bits per heavy atom. The summed E-state index contributed by atoms with van der Waals surface area (Å²) in [7, 11) is 1.42. The van der Waals surface area contributed by atoms with Crippen LogP contribution in [0.4, 0.5) is 0 Å². The number of aliphatic hydroxyl groups excluding tert-OH is 1. The predicted octanol–water partition coefficient (Wildman–Crippen LogP) is 4.29. The Bertz CT molecular complexity index is 419. The van der Waals surface area contributed by atoms with Gasteiger partial charge in [0.05, 0.1) is 13.2 Å². The summed E-state index contributed by atoms with van der Waals surface area (Å²) in [6, 6.07) is 0. The zero-order valence-electron chi connectivity index (χ0n) is 15.1. The summed E-state index contributed by atoms with van der Waals surface area (Å²) < 4.78 is 4.59. The van der Waals surface area contributed by atoms with Gasteiger partial charge in [-0.1, -0.05) is 62.5 Å². The quantitative estimate of drug-likeness (QED) is 0.222. The Morgan fingerprint density at radius 1 is 0.875 bits per heavy atom. The van der Waals surface area contributed by atoms with Crippen molar-refractivity contribution in [3.8, 4) is 0 Å². The number of methoxy groups -OCH3 is 1. The normalized spacial score (nSPS) is 13.1. The number of esters is 1. The molecule has 0 aromatic carbocycles. The van der Waals surface area contributed by atoms with E-state index >= 15 is 0 Å². The van der Waals surface area contributed by atoms with Crippen molar-refractivity contribution in [2.24, 2.45) is 0 Å². The summed E-state index contributed by atoms with van der Waals surface area (Å²) in [5.74, 6) is 0.0209. The second-order valence-electron chi connectivity index (χ2n) is 5.89. The summed E-state index contributed by atoms with van der Waals surface area (Å²) in [5.41, 5.74) is 0. The molecule has 1 atom stereocenters. The van der Waals surface area contributed by atoms with Gasteiger partial charge in [0.15, 0.2) is 5.78 Å². The lowest BCUT2D eigenvalue weighted by Crippen LogP contribution is -1.99. The van der Waals surface area contributed by atoms with Crippen molar-refractivity contribution in [2.45, 2.75) is 70.8 Å². The molecule has 0 aromatic rings. The fourth-order valence-electron chi connectivity index (χ4n) is 2.15. The summed E-state index contributed by atoms with van der Waals surface area (Å²) in [6.45, 7) is 1.69. The first kappa shape index (κ1) is 22.3. The van der Waals surface area contributed by atoms with Crippen LogP contribution in [-0.2, 0) is 14.3 Å². The first-order valence-electron chi connectivity index (χ1n) is 8.85. The van der Waals surface area contributed by atoms with Gasteiger partial charge in [0.2, 0.25) is 0 Å². The second kappa shape index (κ2) is 16.2. The third kappa shape index (κ3) is 16.7. The van der Waals surface area contributed by atoms with Crippen molar-refractivity contribution < 1.29 is 19.4 Å². The van der Waals surface area contributed by atoms with Crippen molar-refractivity contribution in [1.29, 1.82) is 0 Å². The highest BCUT2D eigenvalue weighted by molar-refractivity contribution is 5.89. The highest BCUT2D eigenvalue weighted by Gasteiger charge is 1.99. The van der Waals surface area contributed by atoms with Gasteiger partial charge in [0.25, 0.3) is 0 Å². The largest absolute Gasteiger partial charge is 0.469 e. The smallest absolute Gasteiger partial charge is 0.305 e. The van der Waals surface area contributed by atoms with Crippen molar-refractivity contribution >= 4 is 11.8 Å². The zero-order valence-corrected chi connectivity index (χ0v) is 15.1. The van der Waals surface area contributed by atoms with E-state index in [4.69, 9.17) is 5.11 Å². The standard InChI is InChI=1S/C20H32O4/c1-18(21)14-10-8-9-12-16-19(22)15-11-6-4-3-5-7-13-17-20(23)24-2/h8-10,12,14,16,18,21H,3-7,11,13,15,17H2,1-2H3. The van der Waals surface area contributed by atoms with Gasteiger partial charge in [-0.2, -0.15) is 0 Å². The van der Waals surface area contributed by atoms with Gasteiger partial charge < -0.3 is 9.84 Å². The third-order valence-electron chi connectivity index (χ3n) is 3.54. The molecule has 0 heterocycles. The van der Waals surface area contributed by atoms with Gasteiger partial charge in [0.1, 0.15) is 0 Å². The van der Waals surface area contributed by atoms with Crippen molar-refractivity contribution in [3.63, 3.8) is 0 Å².